The molecule has 1 heterocycles. The van der Waals surface area contributed by atoms with Crippen LogP contribution in [0.25, 0.3) is 10.2 Å². The van der Waals surface area contributed by atoms with Gasteiger partial charge in [-0.3, -0.25) is 0 Å². The van der Waals surface area contributed by atoms with Gasteiger partial charge in [0.05, 0.1) is 17.3 Å². The van der Waals surface area contributed by atoms with Crippen molar-refractivity contribution in [2.24, 2.45) is 5.73 Å². The monoisotopic (exact) mass is 441 g/mol. The van der Waals surface area contributed by atoms with E-state index >= 15 is 0 Å². The first-order valence-electron chi connectivity index (χ1n) is 9.47. The van der Waals surface area contributed by atoms with Crippen molar-refractivity contribution in [2.75, 3.05) is 25.1 Å². The Bertz CT molecular complexity index is 1060. The molecular weight excluding hydrogens is 418 g/mol. The van der Waals surface area contributed by atoms with Crippen LogP contribution in [0.2, 0.25) is 0 Å². The summed E-state index contributed by atoms with van der Waals surface area (Å²) in [4.78, 5) is 6.98. The Labute approximate surface area is 186 Å². The van der Waals surface area contributed by atoms with Crippen molar-refractivity contribution in [1.29, 1.82) is 0 Å². The minimum Gasteiger partial charge on any atom is -0.493 e. The highest BCUT2D eigenvalue weighted by Gasteiger charge is 2.14. The summed E-state index contributed by atoms with van der Waals surface area (Å²) in [7, 11) is 1.65. The molecule has 3 aromatic carbocycles. The zero-order valence-electron chi connectivity index (χ0n) is 16.7. The Morgan fingerprint density at radius 2 is 1.73 bits per heavy atom. The summed E-state index contributed by atoms with van der Waals surface area (Å²) in [6, 6.07) is 23.9. The highest BCUT2D eigenvalue weighted by Crippen LogP contribution is 2.34. The van der Waals surface area contributed by atoms with Crippen LogP contribution in [0.3, 0.4) is 0 Å². The van der Waals surface area contributed by atoms with Gasteiger partial charge in [-0.05, 0) is 42.0 Å². The topological polar surface area (TPSA) is 60.6 Å². The minimum absolute atomic E-state index is 0. The lowest BCUT2D eigenvalue weighted by Gasteiger charge is -2.21. The molecule has 30 heavy (non-hydrogen) atoms. The normalized spacial score (nSPS) is 10.5. The number of hydrogen-bond donors (Lipinski definition) is 1. The van der Waals surface area contributed by atoms with E-state index in [9.17, 15) is 0 Å². The SMILES string of the molecule is COc1cc(CN(CCN)c2nc3ccccc3s2)ccc1Oc1ccccc1.Cl. The number of hydrogen-bond acceptors (Lipinski definition) is 6. The number of para-hydroxylation sites is 2. The second-order valence-corrected chi connectivity index (χ2v) is 7.58. The van der Waals surface area contributed by atoms with E-state index in [1.165, 1.54) is 4.70 Å². The fourth-order valence-corrected chi connectivity index (χ4v) is 4.11. The maximum absolute atomic E-state index is 5.96. The number of fused-ring (bicyclic) bond motifs is 1. The number of nitrogens with two attached hydrogens (primary N) is 1. The molecule has 4 rings (SSSR count). The van der Waals surface area contributed by atoms with Crippen LogP contribution >= 0.6 is 23.7 Å². The van der Waals surface area contributed by atoms with Gasteiger partial charge in [-0.1, -0.05) is 47.7 Å². The Hall–Kier alpha value is -2.80. The molecule has 0 atom stereocenters. The van der Waals surface area contributed by atoms with Crippen molar-refractivity contribution < 1.29 is 9.47 Å². The molecule has 0 spiro atoms. The first kappa shape index (κ1) is 21.9. The van der Waals surface area contributed by atoms with Crippen molar-refractivity contribution in [3.05, 3.63) is 78.4 Å². The minimum atomic E-state index is 0. The second-order valence-electron chi connectivity index (χ2n) is 6.57. The van der Waals surface area contributed by atoms with Crippen molar-refractivity contribution >= 4 is 39.1 Å². The predicted molar refractivity (Wildman–Crippen MR) is 126 cm³/mol. The van der Waals surface area contributed by atoms with E-state index in [1.807, 2.05) is 60.7 Å². The third-order valence-electron chi connectivity index (χ3n) is 4.52. The highest BCUT2D eigenvalue weighted by molar-refractivity contribution is 7.22. The molecule has 4 aromatic rings. The zero-order valence-corrected chi connectivity index (χ0v) is 18.3. The molecule has 0 aliphatic heterocycles. The van der Waals surface area contributed by atoms with Gasteiger partial charge in [0, 0.05) is 19.6 Å². The average Bonchev–Trinajstić information content (AvgIpc) is 3.19. The number of benzene rings is 3. The van der Waals surface area contributed by atoms with Gasteiger partial charge in [0.1, 0.15) is 5.75 Å². The number of aromatic nitrogens is 1. The maximum atomic E-state index is 5.96. The van der Waals surface area contributed by atoms with E-state index in [2.05, 4.69) is 17.0 Å². The third-order valence-corrected chi connectivity index (χ3v) is 5.62. The largest absolute Gasteiger partial charge is 0.493 e. The molecule has 0 aliphatic rings. The Morgan fingerprint density at radius 1 is 0.967 bits per heavy atom. The van der Waals surface area contributed by atoms with E-state index in [4.69, 9.17) is 20.2 Å². The Balaban J connectivity index is 0.00000256. The summed E-state index contributed by atoms with van der Waals surface area (Å²) in [6.45, 7) is 1.98. The van der Waals surface area contributed by atoms with Crippen molar-refractivity contribution in [1.82, 2.24) is 4.98 Å². The van der Waals surface area contributed by atoms with E-state index in [-0.39, 0.29) is 12.4 Å². The Kier molecular flexibility index (Phi) is 7.52. The highest BCUT2D eigenvalue weighted by atomic mass is 35.5. The molecule has 0 fully saturated rings. The predicted octanol–water partition coefficient (Wildman–Crippen LogP) is 5.48. The molecule has 7 heteroatoms. The van der Waals surface area contributed by atoms with Crippen LogP contribution < -0.4 is 20.1 Å². The third kappa shape index (κ3) is 5.02. The van der Waals surface area contributed by atoms with E-state index in [0.717, 1.165) is 28.5 Å². The van der Waals surface area contributed by atoms with Gasteiger partial charge in [-0.25, -0.2) is 4.98 Å². The number of halogens is 1. The van der Waals surface area contributed by atoms with Crippen LogP contribution in [0.1, 0.15) is 5.56 Å². The van der Waals surface area contributed by atoms with Crippen molar-refractivity contribution in [2.45, 2.75) is 6.54 Å². The molecule has 0 amide bonds. The molecule has 0 saturated heterocycles. The van der Waals surface area contributed by atoms with Gasteiger partial charge < -0.3 is 20.1 Å². The van der Waals surface area contributed by atoms with Crippen molar-refractivity contribution in [3.8, 4) is 17.2 Å². The van der Waals surface area contributed by atoms with Gasteiger partial charge in [0.25, 0.3) is 0 Å². The van der Waals surface area contributed by atoms with Crippen LogP contribution in [-0.2, 0) is 6.54 Å². The molecule has 156 valence electrons. The summed E-state index contributed by atoms with van der Waals surface area (Å²) in [6.07, 6.45) is 0. The number of ether oxygens (including phenoxy) is 2. The number of rotatable bonds is 8. The summed E-state index contributed by atoms with van der Waals surface area (Å²) < 4.78 is 12.7. The van der Waals surface area contributed by atoms with Crippen LogP contribution in [0.4, 0.5) is 5.13 Å². The lowest BCUT2D eigenvalue weighted by molar-refractivity contribution is 0.378. The standard InChI is InChI=1S/C23H23N3O2S.ClH/c1-27-21-15-17(11-12-20(21)28-18-7-3-2-4-8-18)16-26(14-13-24)23-25-19-9-5-6-10-22(19)29-23;/h2-12,15H,13-14,16,24H2,1H3;1H. The summed E-state index contributed by atoms with van der Waals surface area (Å²) >= 11 is 1.68. The second kappa shape index (κ2) is 10.3. The first-order chi connectivity index (χ1) is 14.3. The lowest BCUT2D eigenvalue weighted by atomic mass is 10.2. The summed E-state index contributed by atoms with van der Waals surface area (Å²) in [5.41, 5.74) is 7.99. The van der Waals surface area contributed by atoms with Gasteiger partial charge in [0.15, 0.2) is 16.6 Å². The Morgan fingerprint density at radius 3 is 2.47 bits per heavy atom. The molecule has 5 nitrogen and oxygen atoms in total. The van der Waals surface area contributed by atoms with Gasteiger partial charge in [0.2, 0.25) is 0 Å². The summed E-state index contributed by atoms with van der Waals surface area (Å²) in [5, 5.41) is 0.972. The average molecular weight is 442 g/mol. The fourth-order valence-electron chi connectivity index (χ4n) is 3.12. The van der Waals surface area contributed by atoms with Crippen LogP contribution in [0, 0.1) is 0 Å². The smallest absolute Gasteiger partial charge is 0.186 e. The molecule has 0 saturated carbocycles. The fraction of sp³-hybridized carbons (Fsp3) is 0.174. The lowest BCUT2D eigenvalue weighted by Crippen LogP contribution is -2.28. The van der Waals surface area contributed by atoms with Gasteiger partial charge in [-0.15, -0.1) is 12.4 Å². The number of anilines is 1. The van der Waals surface area contributed by atoms with Crippen LogP contribution in [-0.4, -0.2) is 25.2 Å². The molecule has 0 radical (unpaired) electrons. The molecule has 0 aliphatic carbocycles. The van der Waals surface area contributed by atoms with Crippen LogP contribution in [0.5, 0.6) is 17.2 Å². The molecule has 0 bridgehead atoms. The molecule has 2 N–H and O–H groups in total. The number of methoxy groups -OCH3 is 1. The van der Waals surface area contributed by atoms with E-state index < -0.39 is 0 Å². The van der Waals surface area contributed by atoms with E-state index in [1.54, 1.807) is 18.4 Å². The van der Waals surface area contributed by atoms with E-state index in [0.29, 0.717) is 24.6 Å². The van der Waals surface area contributed by atoms with Crippen molar-refractivity contribution in [3.63, 3.8) is 0 Å². The molecular formula is C23H24ClN3O2S. The van der Waals surface area contributed by atoms with Crippen LogP contribution in [0.15, 0.2) is 72.8 Å². The summed E-state index contributed by atoms with van der Waals surface area (Å²) in [5.74, 6) is 2.16. The van der Waals surface area contributed by atoms with Gasteiger partial charge >= 0.3 is 0 Å². The number of thiazole rings is 1. The first-order valence-corrected chi connectivity index (χ1v) is 10.3. The molecule has 0 unspecified atom stereocenters. The zero-order chi connectivity index (χ0) is 20.1. The molecule has 1 aromatic heterocycles. The quantitative estimate of drug-likeness (QED) is 0.392. The van der Waals surface area contributed by atoms with Gasteiger partial charge in [-0.2, -0.15) is 0 Å². The number of nitrogens with zero attached hydrogens (tertiary/aromatic N) is 2. The maximum Gasteiger partial charge on any atom is 0.186 e.